The van der Waals surface area contributed by atoms with Gasteiger partial charge in [-0.3, -0.25) is 9.69 Å². The van der Waals surface area contributed by atoms with Crippen molar-refractivity contribution < 1.29 is 27.5 Å². The van der Waals surface area contributed by atoms with Crippen molar-refractivity contribution in [2.45, 2.75) is 33.1 Å². The minimum Gasteiger partial charge on any atom is -0.406 e. The van der Waals surface area contributed by atoms with Crippen molar-refractivity contribution >= 4 is 40.8 Å². The molecule has 4 aromatic rings. The van der Waals surface area contributed by atoms with Crippen LogP contribution >= 0.6 is 11.8 Å². The molecule has 1 aromatic heterocycles. The van der Waals surface area contributed by atoms with Gasteiger partial charge in [-0.15, -0.1) is 18.3 Å². The molecule has 0 unspecified atom stereocenters. The van der Waals surface area contributed by atoms with Crippen LogP contribution in [0.3, 0.4) is 0 Å². The van der Waals surface area contributed by atoms with E-state index >= 15 is 0 Å². The molecule has 1 N–H and O–H groups in total. The van der Waals surface area contributed by atoms with Gasteiger partial charge < -0.3 is 4.74 Å². The first-order chi connectivity index (χ1) is 21.0. The first-order valence-electron chi connectivity index (χ1n) is 13.3. The number of nitrogens with zero attached hydrogens (tertiary/aromatic N) is 6. The Kier molecular flexibility index (Phi) is 8.81. The Morgan fingerprint density at radius 3 is 2.50 bits per heavy atom. The maximum atomic E-state index is 12.7. The fourth-order valence-corrected chi connectivity index (χ4v) is 5.19. The topological polar surface area (TPSA) is 114 Å². The summed E-state index contributed by atoms with van der Waals surface area (Å²) in [5.74, 6) is 0.272. The monoisotopic (exact) mass is 621 g/mol. The quantitative estimate of drug-likeness (QED) is 0.188. The van der Waals surface area contributed by atoms with E-state index in [1.165, 1.54) is 58.2 Å². The van der Waals surface area contributed by atoms with E-state index in [0.717, 1.165) is 16.8 Å². The lowest BCUT2D eigenvalue weighted by Crippen LogP contribution is -2.31. The summed E-state index contributed by atoms with van der Waals surface area (Å²) in [6.45, 7) is 6.02. The SMILES string of the molecule is Cc1ccc(C(C)C)c(N2C(=O)CSC2=NC(=O)N/N=C/c2ccc(-c3ncn(-c4ccc(OC(F)(F)F)cc4)n3)cc2)c1. The second-order valence-electron chi connectivity index (χ2n) is 9.98. The van der Waals surface area contributed by atoms with Crippen LogP contribution in [0.2, 0.25) is 0 Å². The van der Waals surface area contributed by atoms with Crippen LogP contribution in [0.1, 0.15) is 36.5 Å². The fraction of sp³-hybridized carbons (Fsp3) is 0.200. The molecule has 0 atom stereocenters. The highest BCUT2D eigenvalue weighted by Gasteiger charge is 2.33. The van der Waals surface area contributed by atoms with Gasteiger partial charge in [0.25, 0.3) is 0 Å². The Hall–Kier alpha value is -4.98. The van der Waals surface area contributed by atoms with Crippen LogP contribution in [0.25, 0.3) is 17.1 Å². The van der Waals surface area contributed by atoms with Gasteiger partial charge in [0.15, 0.2) is 11.0 Å². The summed E-state index contributed by atoms with van der Waals surface area (Å²) in [5.41, 5.74) is 6.93. The number of hydrazone groups is 1. The number of hydrogen-bond donors (Lipinski definition) is 1. The third kappa shape index (κ3) is 7.32. The second kappa shape index (κ2) is 12.7. The van der Waals surface area contributed by atoms with Crippen molar-refractivity contribution in [2.24, 2.45) is 10.1 Å². The summed E-state index contributed by atoms with van der Waals surface area (Å²) in [5, 5.41) is 8.64. The molecule has 5 rings (SSSR count). The number of urea groups is 1. The van der Waals surface area contributed by atoms with Gasteiger partial charge in [0.2, 0.25) is 5.91 Å². The lowest BCUT2D eigenvalue weighted by atomic mass is 9.99. The molecule has 1 fully saturated rings. The Morgan fingerprint density at radius 1 is 1.09 bits per heavy atom. The Bertz CT molecular complexity index is 1730. The number of carbonyl (C=O) groups excluding carboxylic acids is 2. The zero-order valence-electron chi connectivity index (χ0n) is 23.7. The Morgan fingerprint density at radius 2 is 1.82 bits per heavy atom. The average molecular weight is 622 g/mol. The van der Waals surface area contributed by atoms with Crippen molar-refractivity contribution in [1.82, 2.24) is 20.2 Å². The zero-order valence-corrected chi connectivity index (χ0v) is 24.6. The summed E-state index contributed by atoms with van der Waals surface area (Å²) in [6.07, 6.45) is -1.88. The third-order valence-corrected chi connectivity index (χ3v) is 7.30. The van der Waals surface area contributed by atoms with Crippen molar-refractivity contribution in [3.63, 3.8) is 0 Å². The van der Waals surface area contributed by atoms with Crippen molar-refractivity contribution in [3.05, 3.63) is 89.7 Å². The van der Waals surface area contributed by atoms with E-state index in [-0.39, 0.29) is 28.5 Å². The lowest BCUT2D eigenvalue weighted by molar-refractivity contribution is -0.274. The third-order valence-electron chi connectivity index (χ3n) is 6.38. The summed E-state index contributed by atoms with van der Waals surface area (Å²) < 4.78 is 42.5. The molecule has 1 aliphatic heterocycles. The van der Waals surface area contributed by atoms with Crippen LogP contribution in [0.4, 0.5) is 23.7 Å². The summed E-state index contributed by atoms with van der Waals surface area (Å²) in [4.78, 5) is 35.1. The number of amidine groups is 1. The first-order valence-corrected chi connectivity index (χ1v) is 14.3. The van der Waals surface area contributed by atoms with E-state index in [9.17, 15) is 22.8 Å². The van der Waals surface area contributed by atoms with Gasteiger partial charge in [-0.1, -0.05) is 62.0 Å². The molecule has 2 heterocycles. The van der Waals surface area contributed by atoms with Crippen molar-refractivity contribution in [3.8, 4) is 22.8 Å². The Labute approximate surface area is 254 Å². The molecule has 0 radical (unpaired) electrons. The Balaban J connectivity index is 1.21. The number of carbonyl (C=O) groups is 2. The number of thioether (sulfide) groups is 1. The number of aryl methyl sites for hydroxylation is 1. The van der Waals surface area contributed by atoms with Gasteiger partial charge in [-0.2, -0.15) is 10.1 Å². The zero-order chi connectivity index (χ0) is 31.4. The highest BCUT2D eigenvalue weighted by molar-refractivity contribution is 8.15. The number of amides is 3. The molecule has 1 aliphatic rings. The van der Waals surface area contributed by atoms with Crippen molar-refractivity contribution in [1.29, 1.82) is 0 Å². The van der Waals surface area contributed by atoms with Crippen LogP contribution in [0.5, 0.6) is 5.75 Å². The predicted molar refractivity (Wildman–Crippen MR) is 162 cm³/mol. The molecule has 226 valence electrons. The minimum absolute atomic E-state index is 0.148. The molecule has 0 spiro atoms. The molecule has 10 nitrogen and oxygen atoms in total. The number of anilines is 1. The van der Waals surface area contributed by atoms with Crippen molar-refractivity contribution in [2.75, 3.05) is 10.7 Å². The number of ether oxygens (including phenoxy) is 1. The molecule has 3 aromatic carbocycles. The molecule has 3 amide bonds. The normalized spacial score (nSPS) is 14.7. The number of hydrogen-bond acceptors (Lipinski definition) is 7. The molecular weight excluding hydrogens is 595 g/mol. The van der Waals surface area contributed by atoms with E-state index in [1.807, 2.05) is 39.0 Å². The van der Waals surface area contributed by atoms with Crippen LogP contribution in [0, 0.1) is 6.92 Å². The molecule has 44 heavy (non-hydrogen) atoms. The molecule has 14 heteroatoms. The molecule has 0 saturated carbocycles. The van der Waals surface area contributed by atoms with Gasteiger partial charge in [0.1, 0.15) is 12.1 Å². The largest absolute Gasteiger partial charge is 0.573 e. The van der Waals surface area contributed by atoms with Crippen LogP contribution in [0.15, 0.2) is 83.2 Å². The first kappa shape index (κ1) is 30.5. The maximum Gasteiger partial charge on any atom is 0.573 e. The highest BCUT2D eigenvalue weighted by Crippen LogP contribution is 2.34. The lowest BCUT2D eigenvalue weighted by Gasteiger charge is -2.22. The molecule has 0 bridgehead atoms. The number of alkyl halides is 3. The van der Waals surface area contributed by atoms with E-state index in [2.05, 4.69) is 30.3 Å². The molecular formula is C30H26F3N7O3S. The second-order valence-corrected chi connectivity index (χ2v) is 10.9. The van der Waals surface area contributed by atoms with E-state index in [1.54, 1.807) is 24.3 Å². The number of aliphatic imine (C=N–C) groups is 1. The molecule has 1 saturated heterocycles. The average Bonchev–Trinajstić information content (AvgIpc) is 3.60. The standard InChI is InChI=1S/C30H26F3N7O3S/c1-18(2)24-13-4-19(3)14-25(24)40-26(41)16-44-29(40)36-28(42)37-35-15-20-5-7-21(8-6-20)27-34-17-39(38-27)22-9-11-23(12-10-22)43-30(31,32)33/h4-15,17-18H,16H2,1-3H3,(H,37,42)/b35-15+,36-29?. The summed E-state index contributed by atoms with van der Waals surface area (Å²) in [6, 6.07) is 17.5. The van der Waals surface area contributed by atoms with E-state index < -0.39 is 12.4 Å². The maximum absolute atomic E-state index is 12.7. The van der Waals surface area contributed by atoms with Gasteiger partial charge in [-0.25, -0.2) is 19.9 Å². The minimum atomic E-state index is -4.77. The summed E-state index contributed by atoms with van der Waals surface area (Å²) >= 11 is 1.19. The fourth-order valence-electron chi connectivity index (χ4n) is 4.33. The van der Waals surface area contributed by atoms with Gasteiger partial charge in [0.05, 0.1) is 23.3 Å². The number of rotatable bonds is 7. The van der Waals surface area contributed by atoms with Crippen LogP contribution in [-0.2, 0) is 4.79 Å². The van der Waals surface area contributed by atoms with E-state index in [0.29, 0.717) is 22.6 Å². The van der Waals surface area contributed by atoms with Gasteiger partial charge in [-0.05, 0) is 59.9 Å². The number of halogens is 3. The van der Waals surface area contributed by atoms with Gasteiger partial charge >= 0.3 is 12.4 Å². The number of nitrogens with one attached hydrogen (secondary N) is 1. The summed E-state index contributed by atoms with van der Waals surface area (Å²) in [7, 11) is 0. The predicted octanol–water partition coefficient (Wildman–Crippen LogP) is 6.44. The smallest absolute Gasteiger partial charge is 0.406 e. The number of benzene rings is 3. The van der Waals surface area contributed by atoms with Crippen LogP contribution < -0.4 is 15.1 Å². The van der Waals surface area contributed by atoms with E-state index in [4.69, 9.17) is 0 Å². The van der Waals surface area contributed by atoms with Crippen LogP contribution in [-0.4, -0.2) is 50.2 Å². The number of aromatic nitrogens is 3. The molecule has 0 aliphatic carbocycles. The highest BCUT2D eigenvalue weighted by atomic mass is 32.2. The van der Waals surface area contributed by atoms with Gasteiger partial charge in [0, 0.05) is 5.56 Å².